The van der Waals surface area contributed by atoms with E-state index in [1.165, 1.54) is 0 Å². The number of nitrogens with zero attached hydrogens (tertiary/aromatic N) is 3. The molecule has 0 saturated heterocycles. The predicted octanol–water partition coefficient (Wildman–Crippen LogP) is 2.08. The molecule has 0 fully saturated rings. The maximum absolute atomic E-state index is 9.84. The highest BCUT2D eigenvalue weighted by atomic mass is 16.5. The van der Waals surface area contributed by atoms with E-state index >= 15 is 0 Å². The van der Waals surface area contributed by atoms with Crippen molar-refractivity contribution in [3.63, 3.8) is 0 Å². The molecule has 2 heterocycles. The van der Waals surface area contributed by atoms with Gasteiger partial charge >= 0.3 is 0 Å². The zero-order valence-electron chi connectivity index (χ0n) is 12.8. The molecule has 0 aliphatic heterocycles. The van der Waals surface area contributed by atoms with Crippen LogP contribution < -0.4 is 5.73 Å². The molecule has 1 unspecified atom stereocenters. The van der Waals surface area contributed by atoms with E-state index in [0.717, 1.165) is 22.2 Å². The minimum absolute atomic E-state index is 0.381. The van der Waals surface area contributed by atoms with Gasteiger partial charge in [0, 0.05) is 12.0 Å². The van der Waals surface area contributed by atoms with Crippen LogP contribution in [0, 0.1) is 0 Å². The van der Waals surface area contributed by atoms with Crippen molar-refractivity contribution in [3.05, 3.63) is 30.1 Å². The molecule has 0 amide bonds. The van der Waals surface area contributed by atoms with Crippen LogP contribution in [0.5, 0.6) is 0 Å². The van der Waals surface area contributed by atoms with Gasteiger partial charge in [-0.3, -0.25) is 0 Å². The van der Waals surface area contributed by atoms with E-state index < -0.39 is 6.10 Å². The Bertz CT molecular complexity index is 811. The molecule has 0 bridgehead atoms. The largest absolute Gasteiger partial charge is 0.392 e. The number of aliphatic hydroxyl groups excluding tert-OH is 1. The van der Waals surface area contributed by atoms with Crippen LogP contribution in [0.15, 0.2) is 24.3 Å². The van der Waals surface area contributed by atoms with E-state index in [4.69, 9.17) is 10.5 Å². The van der Waals surface area contributed by atoms with E-state index in [0.29, 0.717) is 31.1 Å². The molecular formula is C16H20N4O2. The molecule has 0 aliphatic carbocycles. The Hall–Kier alpha value is -2.18. The van der Waals surface area contributed by atoms with E-state index in [2.05, 4.69) is 9.97 Å². The number of imidazole rings is 1. The van der Waals surface area contributed by atoms with E-state index in [-0.39, 0.29) is 0 Å². The van der Waals surface area contributed by atoms with E-state index in [1.54, 1.807) is 6.92 Å². The number of rotatable bonds is 5. The summed E-state index contributed by atoms with van der Waals surface area (Å²) in [4.78, 5) is 9.01. The van der Waals surface area contributed by atoms with Crippen LogP contribution in [-0.2, 0) is 17.9 Å². The molecule has 0 spiro atoms. The molecule has 1 aromatic carbocycles. The average Bonchev–Trinajstić information content (AvgIpc) is 2.84. The van der Waals surface area contributed by atoms with Gasteiger partial charge < -0.3 is 20.1 Å². The second-order valence-electron chi connectivity index (χ2n) is 5.34. The van der Waals surface area contributed by atoms with Gasteiger partial charge in [-0.15, -0.1) is 0 Å². The van der Waals surface area contributed by atoms with Gasteiger partial charge in [-0.25, -0.2) is 9.97 Å². The fraction of sp³-hybridized carbons (Fsp3) is 0.375. The molecule has 22 heavy (non-hydrogen) atoms. The molecular weight excluding hydrogens is 280 g/mol. The van der Waals surface area contributed by atoms with Crippen LogP contribution in [0.4, 0.5) is 5.82 Å². The number of pyridine rings is 1. The van der Waals surface area contributed by atoms with Crippen molar-refractivity contribution in [2.75, 3.05) is 12.3 Å². The lowest BCUT2D eigenvalue weighted by Gasteiger charge is -2.12. The highest BCUT2D eigenvalue weighted by molar-refractivity contribution is 6.06. The smallest absolute Gasteiger partial charge is 0.152 e. The number of aliphatic hydroxyl groups is 1. The Kier molecular flexibility index (Phi) is 3.96. The second-order valence-corrected chi connectivity index (χ2v) is 5.34. The molecule has 3 N–H and O–H groups in total. The fourth-order valence-corrected chi connectivity index (χ4v) is 2.67. The number of hydrogen-bond donors (Lipinski definition) is 2. The lowest BCUT2D eigenvalue weighted by Crippen LogP contribution is -2.15. The first-order chi connectivity index (χ1) is 10.6. The van der Waals surface area contributed by atoms with Crippen molar-refractivity contribution in [3.8, 4) is 0 Å². The summed E-state index contributed by atoms with van der Waals surface area (Å²) in [6.07, 6.45) is -0.495. The molecule has 116 valence electrons. The number of hydrogen-bond acceptors (Lipinski definition) is 5. The molecule has 0 aliphatic rings. The van der Waals surface area contributed by atoms with Gasteiger partial charge in [0.2, 0.25) is 0 Å². The summed E-state index contributed by atoms with van der Waals surface area (Å²) < 4.78 is 7.48. The Morgan fingerprint density at radius 3 is 2.82 bits per heavy atom. The molecule has 1 atom stereocenters. The van der Waals surface area contributed by atoms with Crippen LogP contribution in [0.3, 0.4) is 0 Å². The van der Waals surface area contributed by atoms with Gasteiger partial charge in [0.25, 0.3) is 0 Å². The first kappa shape index (κ1) is 14.7. The van der Waals surface area contributed by atoms with Gasteiger partial charge in [-0.2, -0.15) is 0 Å². The fourth-order valence-electron chi connectivity index (χ4n) is 2.67. The topological polar surface area (TPSA) is 86.2 Å². The third-order valence-corrected chi connectivity index (χ3v) is 3.57. The minimum Gasteiger partial charge on any atom is -0.392 e. The van der Waals surface area contributed by atoms with Crippen LogP contribution in [0.2, 0.25) is 0 Å². The van der Waals surface area contributed by atoms with Crippen LogP contribution in [-0.4, -0.2) is 32.4 Å². The standard InChI is InChI=1S/C16H20N4O2/c1-3-22-9-13-19-14-15(20(13)8-10(2)21)11-6-4-5-7-12(11)18-16(14)17/h4-7,10,21H,3,8-9H2,1-2H3,(H2,17,18). The van der Waals surface area contributed by atoms with Gasteiger partial charge in [0.15, 0.2) is 5.82 Å². The summed E-state index contributed by atoms with van der Waals surface area (Å²) in [6.45, 7) is 5.11. The number of nitrogen functional groups attached to an aromatic ring is 1. The van der Waals surface area contributed by atoms with E-state index in [9.17, 15) is 5.11 Å². The third-order valence-electron chi connectivity index (χ3n) is 3.57. The second kappa shape index (κ2) is 5.90. The molecule has 0 saturated carbocycles. The third kappa shape index (κ3) is 2.51. The van der Waals surface area contributed by atoms with Crippen molar-refractivity contribution in [1.82, 2.24) is 14.5 Å². The Labute approximate surface area is 128 Å². The molecule has 6 heteroatoms. The van der Waals surface area contributed by atoms with Crippen LogP contribution in [0.1, 0.15) is 19.7 Å². The summed E-state index contributed by atoms with van der Waals surface area (Å²) >= 11 is 0. The summed E-state index contributed by atoms with van der Waals surface area (Å²) in [5, 5.41) is 10.8. The average molecular weight is 300 g/mol. The summed E-state index contributed by atoms with van der Waals surface area (Å²) in [5.74, 6) is 1.15. The van der Waals surface area contributed by atoms with Gasteiger partial charge in [-0.05, 0) is 19.9 Å². The molecule has 6 nitrogen and oxygen atoms in total. The summed E-state index contributed by atoms with van der Waals surface area (Å²) in [5.41, 5.74) is 8.46. The van der Waals surface area contributed by atoms with Gasteiger partial charge in [0.05, 0.1) is 23.7 Å². The number of fused-ring (bicyclic) bond motifs is 3. The van der Waals surface area contributed by atoms with Crippen molar-refractivity contribution in [2.24, 2.45) is 0 Å². The zero-order chi connectivity index (χ0) is 15.7. The number of anilines is 1. The predicted molar refractivity (Wildman–Crippen MR) is 86.5 cm³/mol. The maximum atomic E-state index is 9.84. The SMILES string of the molecule is CCOCc1nc2c(N)nc3ccccc3c2n1CC(C)O. The lowest BCUT2D eigenvalue weighted by atomic mass is 10.2. The molecule has 2 aromatic heterocycles. The summed E-state index contributed by atoms with van der Waals surface area (Å²) in [7, 11) is 0. The lowest BCUT2D eigenvalue weighted by molar-refractivity contribution is 0.121. The van der Waals surface area contributed by atoms with Crippen LogP contribution in [0.25, 0.3) is 21.9 Å². The van der Waals surface area contributed by atoms with Gasteiger partial charge in [0.1, 0.15) is 17.9 Å². The monoisotopic (exact) mass is 300 g/mol. The number of benzene rings is 1. The molecule has 3 rings (SSSR count). The Morgan fingerprint density at radius 2 is 2.09 bits per heavy atom. The zero-order valence-corrected chi connectivity index (χ0v) is 12.8. The number of ether oxygens (including phenoxy) is 1. The highest BCUT2D eigenvalue weighted by Gasteiger charge is 2.18. The van der Waals surface area contributed by atoms with Crippen LogP contribution >= 0.6 is 0 Å². The minimum atomic E-state index is -0.495. The van der Waals surface area contributed by atoms with Gasteiger partial charge in [-0.1, -0.05) is 18.2 Å². The summed E-state index contributed by atoms with van der Waals surface area (Å²) in [6, 6.07) is 7.81. The molecule has 3 aromatic rings. The maximum Gasteiger partial charge on any atom is 0.152 e. The normalized spacial score (nSPS) is 13.0. The van der Waals surface area contributed by atoms with Crippen molar-refractivity contribution in [1.29, 1.82) is 0 Å². The van der Waals surface area contributed by atoms with Crippen molar-refractivity contribution < 1.29 is 9.84 Å². The quantitative estimate of drug-likeness (QED) is 0.753. The molecule has 0 radical (unpaired) electrons. The Balaban J connectivity index is 2.32. The van der Waals surface area contributed by atoms with E-state index in [1.807, 2.05) is 35.8 Å². The highest BCUT2D eigenvalue weighted by Crippen LogP contribution is 2.29. The first-order valence-corrected chi connectivity index (χ1v) is 7.41. The first-order valence-electron chi connectivity index (χ1n) is 7.41. The number of aromatic nitrogens is 3. The number of nitrogens with two attached hydrogens (primary N) is 1. The Morgan fingerprint density at radius 1 is 1.32 bits per heavy atom. The van der Waals surface area contributed by atoms with Crippen molar-refractivity contribution >= 4 is 27.8 Å². The van der Waals surface area contributed by atoms with Crippen molar-refractivity contribution in [2.45, 2.75) is 33.1 Å². The number of para-hydroxylation sites is 1.